The molecular weight excluding hydrogens is 434 g/mol. The largest absolute Gasteiger partial charge is 0.493 e. The Morgan fingerprint density at radius 3 is 2.68 bits per heavy atom. The SMILES string of the molecule is COc1cccc([C@H]2CC(=O)N3CN(c4cccc(Cl)c4C)CSC3=C2C#N)c1OC. The van der Waals surface area contributed by atoms with Crippen molar-refractivity contribution >= 4 is 35.0 Å². The van der Waals surface area contributed by atoms with Crippen molar-refractivity contribution < 1.29 is 14.3 Å². The molecule has 4 rings (SSSR count). The second-order valence-corrected chi connectivity index (χ2v) is 8.67. The topological polar surface area (TPSA) is 65.8 Å². The molecule has 1 amide bonds. The van der Waals surface area contributed by atoms with Crippen molar-refractivity contribution in [2.75, 3.05) is 31.7 Å². The molecule has 31 heavy (non-hydrogen) atoms. The molecule has 0 radical (unpaired) electrons. The Kier molecular flexibility index (Phi) is 6.03. The highest BCUT2D eigenvalue weighted by Crippen LogP contribution is 2.47. The minimum Gasteiger partial charge on any atom is -0.493 e. The number of carbonyl (C=O) groups excluding carboxylic acids is 1. The van der Waals surface area contributed by atoms with Gasteiger partial charge in [0.05, 0.1) is 43.4 Å². The van der Waals surface area contributed by atoms with Crippen LogP contribution in [0.5, 0.6) is 11.5 Å². The van der Waals surface area contributed by atoms with Gasteiger partial charge in [0.15, 0.2) is 11.5 Å². The first kappa shape index (κ1) is 21.4. The van der Waals surface area contributed by atoms with Gasteiger partial charge in [0.2, 0.25) is 5.91 Å². The fourth-order valence-electron chi connectivity index (χ4n) is 4.11. The summed E-state index contributed by atoms with van der Waals surface area (Å²) in [5.41, 5.74) is 3.33. The molecule has 1 atom stereocenters. The maximum atomic E-state index is 13.2. The van der Waals surface area contributed by atoms with E-state index < -0.39 is 0 Å². The number of nitrogens with zero attached hydrogens (tertiary/aromatic N) is 3. The molecule has 2 aromatic carbocycles. The summed E-state index contributed by atoms with van der Waals surface area (Å²) in [6.07, 6.45) is 0.193. The van der Waals surface area contributed by atoms with Gasteiger partial charge in [-0.05, 0) is 30.7 Å². The van der Waals surface area contributed by atoms with Crippen molar-refractivity contribution in [3.8, 4) is 17.6 Å². The summed E-state index contributed by atoms with van der Waals surface area (Å²) < 4.78 is 11.0. The van der Waals surface area contributed by atoms with Gasteiger partial charge >= 0.3 is 0 Å². The van der Waals surface area contributed by atoms with Gasteiger partial charge in [0.1, 0.15) is 0 Å². The highest BCUT2D eigenvalue weighted by molar-refractivity contribution is 8.03. The van der Waals surface area contributed by atoms with Crippen LogP contribution in [-0.2, 0) is 4.79 Å². The Morgan fingerprint density at radius 1 is 1.19 bits per heavy atom. The highest BCUT2D eigenvalue weighted by atomic mass is 35.5. The molecule has 8 heteroatoms. The number of para-hydroxylation sites is 1. The van der Waals surface area contributed by atoms with E-state index in [1.807, 2.05) is 37.3 Å². The van der Waals surface area contributed by atoms with Gasteiger partial charge < -0.3 is 14.4 Å². The Bertz CT molecular complexity index is 1110. The summed E-state index contributed by atoms with van der Waals surface area (Å²) in [7, 11) is 3.14. The van der Waals surface area contributed by atoms with Crippen molar-refractivity contribution in [1.29, 1.82) is 5.26 Å². The fraction of sp³-hybridized carbons (Fsp3) is 0.304. The number of ether oxygens (including phenoxy) is 2. The van der Waals surface area contributed by atoms with E-state index in [2.05, 4.69) is 11.0 Å². The molecule has 6 nitrogen and oxygen atoms in total. The zero-order valence-corrected chi connectivity index (χ0v) is 19.1. The Balaban J connectivity index is 1.72. The molecule has 2 aromatic rings. The summed E-state index contributed by atoms with van der Waals surface area (Å²) in [6.45, 7) is 2.35. The van der Waals surface area contributed by atoms with Crippen LogP contribution >= 0.6 is 23.4 Å². The number of anilines is 1. The van der Waals surface area contributed by atoms with Gasteiger partial charge in [-0.2, -0.15) is 5.26 Å². The summed E-state index contributed by atoms with van der Waals surface area (Å²) in [5, 5.41) is 11.4. The smallest absolute Gasteiger partial charge is 0.229 e. The number of thioether (sulfide) groups is 1. The molecule has 0 spiro atoms. The van der Waals surface area contributed by atoms with Crippen LogP contribution in [0.15, 0.2) is 47.0 Å². The van der Waals surface area contributed by atoms with Crippen LogP contribution in [0.1, 0.15) is 23.5 Å². The molecule has 0 saturated carbocycles. The van der Waals surface area contributed by atoms with E-state index in [9.17, 15) is 10.1 Å². The van der Waals surface area contributed by atoms with E-state index in [4.69, 9.17) is 21.1 Å². The summed E-state index contributed by atoms with van der Waals surface area (Å²) in [5.74, 6) is 1.35. The van der Waals surface area contributed by atoms with Gasteiger partial charge in [-0.3, -0.25) is 9.69 Å². The average molecular weight is 456 g/mol. The second kappa shape index (κ2) is 8.74. The summed E-state index contributed by atoms with van der Waals surface area (Å²) in [4.78, 5) is 17.0. The van der Waals surface area contributed by atoms with Crippen molar-refractivity contribution in [2.24, 2.45) is 0 Å². The Labute approximate surface area is 191 Å². The molecule has 0 aliphatic carbocycles. The third kappa shape index (κ3) is 3.71. The summed E-state index contributed by atoms with van der Waals surface area (Å²) >= 11 is 7.79. The van der Waals surface area contributed by atoms with Gasteiger partial charge in [-0.25, -0.2) is 0 Å². The first-order valence-corrected chi connectivity index (χ1v) is 11.1. The van der Waals surface area contributed by atoms with E-state index in [0.29, 0.717) is 39.7 Å². The third-order valence-corrected chi connectivity index (χ3v) is 7.25. The average Bonchev–Trinajstić information content (AvgIpc) is 2.80. The lowest BCUT2D eigenvalue weighted by Gasteiger charge is -2.42. The fourth-order valence-corrected chi connectivity index (χ4v) is 5.43. The minimum atomic E-state index is -0.374. The number of rotatable bonds is 4. The predicted octanol–water partition coefficient (Wildman–Crippen LogP) is 4.89. The number of methoxy groups -OCH3 is 2. The number of carbonyl (C=O) groups is 1. The van der Waals surface area contributed by atoms with Crippen LogP contribution in [0.2, 0.25) is 5.02 Å². The van der Waals surface area contributed by atoms with E-state index in [-0.39, 0.29) is 18.2 Å². The van der Waals surface area contributed by atoms with Crippen LogP contribution in [-0.4, -0.2) is 37.6 Å². The Hall–Kier alpha value is -2.82. The molecule has 0 unspecified atom stereocenters. The van der Waals surface area contributed by atoms with E-state index in [0.717, 1.165) is 16.8 Å². The number of fused-ring (bicyclic) bond motifs is 1. The van der Waals surface area contributed by atoms with Gasteiger partial charge in [0, 0.05) is 28.6 Å². The molecule has 0 N–H and O–H groups in total. The molecule has 2 heterocycles. The van der Waals surface area contributed by atoms with E-state index in [1.165, 1.54) is 11.8 Å². The standard InChI is InChI=1S/C23H22ClN3O3S/c1-14-18(24)7-5-8-19(14)26-12-27-21(28)10-16(17(11-25)23(27)31-13-26)15-6-4-9-20(29-2)22(15)30-3/h4-9,16H,10,12-13H2,1-3H3/t16-/m1/s1. The van der Waals surface area contributed by atoms with E-state index >= 15 is 0 Å². The lowest BCUT2D eigenvalue weighted by atomic mass is 9.85. The van der Waals surface area contributed by atoms with Crippen LogP contribution in [0, 0.1) is 18.3 Å². The zero-order valence-electron chi connectivity index (χ0n) is 17.5. The van der Waals surface area contributed by atoms with Gasteiger partial charge in [-0.1, -0.05) is 41.6 Å². The van der Waals surface area contributed by atoms with Gasteiger partial charge in [-0.15, -0.1) is 0 Å². The van der Waals surface area contributed by atoms with E-state index in [1.54, 1.807) is 25.2 Å². The zero-order chi connectivity index (χ0) is 22.1. The van der Waals surface area contributed by atoms with Crippen molar-refractivity contribution in [3.05, 3.63) is 63.1 Å². The van der Waals surface area contributed by atoms with Crippen LogP contribution < -0.4 is 14.4 Å². The normalized spacial score (nSPS) is 18.5. The third-order valence-electron chi connectivity index (χ3n) is 5.68. The molecule has 0 aromatic heterocycles. The number of hydrogen-bond acceptors (Lipinski definition) is 6. The quantitative estimate of drug-likeness (QED) is 0.654. The molecular formula is C23H22ClN3O3S. The molecule has 1 fully saturated rings. The predicted molar refractivity (Wildman–Crippen MR) is 122 cm³/mol. The Morgan fingerprint density at radius 2 is 1.97 bits per heavy atom. The minimum absolute atomic E-state index is 0.0271. The molecule has 160 valence electrons. The molecule has 0 bridgehead atoms. The number of amides is 1. The van der Waals surface area contributed by atoms with Crippen molar-refractivity contribution in [3.63, 3.8) is 0 Å². The number of nitriles is 1. The highest BCUT2D eigenvalue weighted by Gasteiger charge is 2.39. The number of benzene rings is 2. The second-order valence-electron chi connectivity index (χ2n) is 7.33. The van der Waals surface area contributed by atoms with Crippen LogP contribution in [0.3, 0.4) is 0 Å². The maximum Gasteiger partial charge on any atom is 0.229 e. The molecule has 1 saturated heterocycles. The summed E-state index contributed by atoms with van der Waals surface area (Å²) in [6, 6.07) is 13.7. The van der Waals surface area contributed by atoms with Crippen molar-refractivity contribution in [1.82, 2.24) is 4.90 Å². The first-order chi connectivity index (χ1) is 15.0. The van der Waals surface area contributed by atoms with Crippen molar-refractivity contribution in [2.45, 2.75) is 19.3 Å². The number of hydrogen-bond donors (Lipinski definition) is 0. The van der Waals surface area contributed by atoms with Gasteiger partial charge in [0.25, 0.3) is 0 Å². The maximum absolute atomic E-state index is 13.2. The van der Waals surface area contributed by atoms with Crippen LogP contribution in [0.4, 0.5) is 5.69 Å². The number of halogens is 1. The lowest BCUT2D eigenvalue weighted by molar-refractivity contribution is -0.129. The molecule has 2 aliphatic rings. The lowest BCUT2D eigenvalue weighted by Crippen LogP contribution is -2.47. The molecule has 2 aliphatic heterocycles. The first-order valence-electron chi connectivity index (χ1n) is 9.78. The van der Waals surface area contributed by atoms with Crippen LogP contribution in [0.25, 0.3) is 0 Å². The monoisotopic (exact) mass is 455 g/mol. The number of allylic oxidation sites excluding steroid dienone is 1.